The topological polar surface area (TPSA) is 86.7 Å². The summed E-state index contributed by atoms with van der Waals surface area (Å²) in [6.07, 6.45) is 2.98. The molecule has 0 fully saturated rings. The number of fused-ring (bicyclic) bond motifs is 1. The molecule has 0 radical (unpaired) electrons. The van der Waals surface area contributed by atoms with Gasteiger partial charge in [-0.2, -0.15) is 0 Å². The molecule has 2 N–H and O–H groups in total. The molecule has 1 atom stereocenters. The Morgan fingerprint density at radius 1 is 1.36 bits per heavy atom. The van der Waals surface area contributed by atoms with Crippen LogP contribution in [0.15, 0.2) is 23.1 Å². The van der Waals surface area contributed by atoms with Crippen LogP contribution in [0.4, 0.5) is 0 Å². The van der Waals surface area contributed by atoms with Crippen LogP contribution in [0.25, 0.3) is 0 Å². The van der Waals surface area contributed by atoms with E-state index in [0.29, 0.717) is 25.9 Å². The minimum Gasteiger partial charge on any atom is -0.393 e. The van der Waals surface area contributed by atoms with E-state index in [1.807, 2.05) is 11.0 Å². The molecular formula is C18H28N2O4S. The molecule has 0 saturated carbocycles. The minimum absolute atomic E-state index is 0.135. The van der Waals surface area contributed by atoms with Gasteiger partial charge in [0.25, 0.3) is 0 Å². The fourth-order valence-corrected chi connectivity index (χ4v) is 3.98. The van der Waals surface area contributed by atoms with Gasteiger partial charge in [0, 0.05) is 26.1 Å². The van der Waals surface area contributed by atoms with Crippen LogP contribution in [0.5, 0.6) is 0 Å². The van der Waals surface area contributed by atoms with Gasteiger partial charge in [-0.25, -0.2) is 13.1 Å². The number of aliphatic hydroxyl groups is 1. The lowest BCUT2D eigenvalue weighted by molar-refractivity contribution is -0.132. The summed E-state index contributed by atoms with van der Waals surface area (Å²) in [7, 11) is -3.61. The second-order valence-corrected chi connectivity index (χ2v) is 8.40. The van der Waals surface area contributed by atoms with Crippen molar-refractivity contribution in [3.8, 4) is 0 Å². The zero-order chi connectivity index (χ0) is 18.4. The van der Waals surface area contributed by atoms with E-state index in [0.717, 1.165) is 30.4 Å². The summed E-state index contributed by atoms with van der Waals surface area (Å²) in [5.41, 5.74) is 2.00. The Kier molecular flexibility index (Phi) is 6.98. The fraction of sp³-hybridized carbons (Fsp3) is 0.611. The second-order valence-electron chi connectivity index (χ2n) is 6.63. The predicted octanol–water partition coefficient (Wildman–Crippen LogP) is 1.81. The molecule has 0 spiro atoms. The van der Waals surface area contributed by atoms with E-state index in [1.165, 1.54) is 0 Å². The zero-order valence-electron chi connectivity index (χ0n) is 15.0. The third-order valence-corrected chi connectivity index (χ3v) is 5.91. The first-order chi connectivity index (χ1) is 11.8. The van der Waals surface area contributed by atoms with Gasteiger partial charge in [-0.1, -0.05) is 19.4 Å². The lowest BCUT2D eigenvalue weighted by Crippen LogP contribution is -2.36. The van der Waals surface area contributed by atoms with E-state index in [-0.39, 0.29) is 17.3 Å². The molecule has 0 bridgehead atoms. The number of unbranched alkanes of at least 4 members (excludes halogenated alkanes) is 1. The number of nitrogens with one attached hydrogen (secondary N) is 1. The van der Waals surface area contributed by atoms with Gasteiger partial charge in [0.15, 0.2) is 0 Å². The molecule has 2 rings (SSSR count). The van der Waals surface area contributed by atoms with E-state index in [4.69, 9.17) is 0 Å². The molecule has 1 aliphatic rings. The van der Waals surface area contributed by atoms with Gasteiger partial charge in [0.05, 0.1) is 11.0 Å². The van der Waals surface area contributed by atoms with Crippen molar-refractivity contribution in [1.29, 1.82) is 0 Å². The Hall–Kier alpha value is -1.44. The van der Waals surface area contributed by atoms with Crippen LogP contribution in [0.3, 0.4) is 0 Å². The monoisotopic (exact) mass is 368 g/mol. The summed E-state index contributed by atoms with van der Waals surface area (Å²) in [4.78, 5) is 14.2. The molecule has 0 aliphatic carbocycles. The van der Waals surface area contributed by atoms with Crippen molar-refractivity contribution in [1.82, 2.24) is 9.62 Å². The lowest BCUT2D eigenvalue weighted by Gasteiger charge is -2.29. The first-order valence-electron chi connectivity index (χ1n) is 8.90. The summed E-state index contributed by atoms with van der Waals surface area (Å²) in [5, 5.41) is 9.25. The highest BCUT2D eigenvalue weighted by molar-refractivity contribution is 7.89. The molecule has 0 unspecified atom stereocenters. The quantitative estimate of drug-likeness (QED) is 0.733. The zero-order valence-corrected chi connectivity index (χ0v) is 15.8. The van der Waals surface area contributed by atoms with Crippen LogP contribution < -0.4 is 4.72 Å². The maximum atomic E-state index is 12.4. The molecule has 7 heteroatoms. The molecule has 6 nitrogen and oxygen atoms in total. The number of carbonyl (C=O) groups excluding carboxylic acids is 1. The molecule has 0 aromatic heterocycles. The van der Waals surface area contributed by atoms with Crippen LogP contribution in [0.1, 0.15) is 50.7 Å². The van der Waals surface area contributed by atoms with Crippen LogP contribution in [0, 0.1) is 0 Å². The summed E-state index contributed by atoms with van der Waals surface area (Å²) >= 11 is 0. The van der Waals surface area contributed by atoms with Gasteiger partial charge >= 0.3 is 0 Å². The Bertz CT molecular complexity index is 701. The number of sulfonamides is 1. The van der Waals surface area contributed by atoms with Gasteiger partial charge in [-0.3, -0.25) is 4.79 Å². The smallest absolute Gasteiger partial charge is 0.240 e. The molecule has 1 aromatic rings. The number of benzene rings is 1. The van der Waals surface area contributed by atoms with Crippen molar-refractivity contribution in [3.63, 3.8) is 0 Å². The molecule has 1 aliphatic heterocycles. The standard InChI is InChI=1S/C18H28N2O4S/c1-3-4-5-18(22)20-11-9-15-6-7-17(12-16(15)13-20)25(23,24)19-10-8-14(2)21/h6-7,12,14,19,21H,3-5,8-11,13H2,1-2H3/t14-/m1/s1. The van der Waals surface area contributed by atoms with Gasteiger partial charge in [-0.15, -0.1) is 0 Å². The largest absolute Gasteiger partial charge is 0.393 e. The highest BCUT2D eigenvalue weighted by Gasteiger charge is 2.22. The third-order valence-electron chi connectivity index (χ3n) is 4.45. The van der Waals surface area contributed by atoms with E-state index in [9.17, 15) is 18.3 Å². The highest BCUT2D eigenvalue weighted by Crippen LogP contribution is 2.23. The summed E-state index contributed by atoms with van der Waals surface area (Å²) in [5.74, 6) is 0.135. The summed E-state index contributed by atoms with van der Waals surface area (Å²) < 4.78 is 27.3. The van der Waals surface area contributed by atoms with Crippen molar-refractivity contribution in [3.05, 3.63) is 29.3 Å². The van der Waals surface area contributed by atoms with E-state index >= 15 is 0 Å². The molecule has 1 heterocycles. The van der Waals surface area contributed by atoms with Crippen molar-refractivity contribution >= 4 is 15.9 Å². The van der Waals surface area contributed by atoms with E-state index < -0.39 is 16.1 Å². The van der Waals surface area contributed by atoms with E-state index in [1.54, 1.807) is 19.1 Å². The SMILES string of the molecule is CCCCC(=O)N1CCc2ccc(S(=O)(=O)NCC[C@@H](C)O)cc2C1. The number of hydrogen-bond acceptors (Lipinski definition) is 4. The Morgan fingerprint density at radius 2 is 2.12 bits per heavy atom. The molecule has 140 valence electrons. The Labute approximate surface area is 150 Å². The number of nitrogens with zero attached hydrogens (tertiary/aromatic N) is 1. The lowest BCUT2D eigenvalue weighted by atomic mass is 9.99. The van der Waals surface area contributed by atoms with Gasteiger partial charge in [0.2, 0.25) is 15.9 Å². The fourth-order valence-electron chi connectivity index (χ4n) is 2.89. The van der Waals surface area contributed by atoms with Crippen LogP contribution in [-0.4, -0.2) is 43.5 Å². The molecule has 0 saturated heterocycles. The summed E-state index contributed by atoms with van der Waals surface area (Å²) in [6, 6.07) is 5.11. The van der Waals surface area contributed by atoms with Crippen LogP contribution in [0.2, 0.25) is 0 Å². The predicted molar refractivity (Wildman–Crippen MR) is 96.6 cm³/mol. The molecule has 1 aromatic carbocycles. The molecule has 25 heavy (non-hydrogen) atoms. The maximum absolute atomic E-state index is 12.4. The number of hydrogen-bond donors (Lipinski definition) is 2. The number of carbonyl (C=O) groups is 1. The first-order valence-corrected chi connectivity index (χ1v) is 10.4. The van der Waals surface area contributed by atoms with Gasteiger partial charge in [0.1, 0.15) is 0 Å². The average molecular weight is 368 g/mol. The van der Waals surface area contributed by atoms with Crippen LogP contribution >= 0.6 is 0 Å². The Balaban J connectivity index is 2.09. The second kappa shape index (κ2) is 8.78. The third kappa shape index (κ3) is 5.52. The normalized spacial score (nSPS) is 15.7. The van der Waals surface area contributed by atoms with Crippen LogP contribution in [-0.2, 0) is 27.8 Å². The van der Waals surface area contributed by atoms with Crippen molar-refractivity contribution in [2.45, 2.75) is 63.5 Å². The molecular weight excluding hydrogens is 340 g/mol. The Morgan fingerprint density at radius 3 is 2.80 bits per heavy atom. The molecule has 1 amide bonds. The number of aliphatic hydroxyl groups excluding tert-OH is 1. The minimum atomic E-state index is -3.61. The van der Waals surface area contributed by atoms with Gasteiger partial charge in [-0.05, 0) is 49.4 Å². The average Bonchev–Trinajstić information content (AvgIpc) is 2.58. The van der Waals surface area contributed by atoms with Crippen molar-refractivity contribution < 1.29 is 18.3 Å². The van der Waals surface area contributed by atoms with Crippen molar-refractivity contribution in [2.24, 2.45) is 0 Å². The van der Waals surface area contributed by atoms with Crippen molar-refractivity contribution in [2.75, 3.05) is 13.1 Å². The van der Waals surface area contributed by atoms with Gasteiger partial charge < -0.3 is 10.0 Å². The summed E-state index contributed by atoms with van der Waals surface area (Å²) in [6.45, 7) is 5.03. The highest BCUT2D eigenvalue weighted by atomic mass is 32.2. The van der Waals surface area contributed by atoms with E-state index in [2.05, 4.69) is 11.6 Å². The number of rotatable bonds is 8. The maximum Gasteiger partial charge on any atom is 0.240 e. The number of amides is 1. The first kappa shape index (κ1) is 19.9.